The fraction of sp³-hybridized carbons (Fsp3) is 0.533. The lowest BCUT2D eigenvalue weighted by molar-refractivity contribution is 0.0937. The number of nitrogens with zero attached hydrogens (tertiary/aromatic N) is 2. The van der Waals surface area contributed by atoms with Gasteiger partial charge in [0.15, 0.2) is 0 Å². The number of amides is 1. The molecule has 0 aromatic carbocycles. The molecule has 0 radical (unpaired) electrons. The normalized spacial score (nSPS) is 17.8. The van der Waals surface area contributed by atoms with E-state index in [4.69, 9.17) is 0 Å². The number of aromatic amines is 1. The minimum absolute atomic E-state index is 0.00819. The van der Waals surface area contributed by atoms with Crippen LogP contribution in [0.3, 0.4) is 0 Å². The Hall–Kier alpha value is -1.69. The maximum atomic E-state index is 12.5. The number of nitrogens with one attached hydrogen (secondary N) is 2. The van der Waals surface area contributed by atoms with Crippen LogP contribution in [0.2, 0.25) is 0 Å². The van der Waals surface area contributed by atoms with Gasteiger partial charge in [-0.15, -0.1) is 11.3 Å². The van der Waals surface area contributed by atoms with Crippen molar-refractivity contribution in [3.05, 3.63) is 33.0 Å². The number of H-pyrrole nitrogens is 1. The first-order chi connectivity index (χ1) is 10.0. The number of hydrogen-bond donors (Lipinski definition) is 2. The first kappa shape index (κ1) is 14.3. The van der Waals surface area contributed by atoms with E-state index in [2.05, 4.69) is 34.3 Å². The summed E-state index contributed by atoms with van der Waals surface area (Å²) in [6, 6.07) is 0.187. The molecule has 0 spiro atoms. The molecule has 2 aromatic heterocycles. The Morgan fingerprint density at radius 2 is 2.33 bits per heavy atom. The maximum absolute atomic E-state index is 12.5. The summed E-state index contributed by atoms with van der Waals surface area (Å²) in [5.74, 6) is 0.368. The van der Waals surface area contributed by atoms with E-state index in [-0.39, 0.29) is 11.9 Å². The van der Waals surface area contributed by atoms with Crippen molar-refractivity contribution in [1.82, 2.24) is 20.5 Å². The molecule has 1 amide bonds. The highest BCUT2D eigenvalue weighted by molar-refractivity contribution is 7.13. The molecule has 21 heavy (non-hydrogen) atoms. The van der Waals surface area contributed by atoms with Gasteiger partial charge in [0.2, 0.25) is 0 Å². The van der Waals surface area contributed by atoms with Crippen molar-refractivity contribution in [2.24, 2.45) is 0 Å². The average molecular weight is 304 g/mol. The second-order valence-electron chi connectivity index (χ2n) is 5.91. The summed E-state index contributed by atoms with van der Waals surface area (Å²) in [6.07, 6.45) is 4.62. The Kier molecular flexibility index (Phi) is 3.80. The minimum atomic E-state index is 0.00819. The molecule has 1 aliphatic carbocycles. The van der Waals surface area contributed by atoms with Crippen LogP contribution < -0.4 is 5.32 Å². The topological polar surface area (TPSA) is 70.7 Å². The average Bonchev–Trinajstić information content (AvgIpc) is 3.04. The Morgan fingerprint density at radius 1 is 1.52 bits per heavy atom. The second kappa shape index (κ2) is 5.60. The first-order valence-corrected chi connectivity index (χ1v) is 8.15. The zero-order valence-electron chi connectivity index (χ0n) is 12.6. The Balaban J connectivity index is 1.70. The van der Waals surface area contributed by atoms with Crippen molar-refractivity contribution in [1.29, 1.82) is 0 Å². The molecule has 1 atom stereocenters. The fourth-order valence-corrected chi connectivity index (χ4v) is 3.64. The molecular formula is C15H20N4OS. The van der Waals surface area contributed by atoms with Crippen molar-refractivity contribution in [2.45, 2.75) is 52.0 Å². The van der Waals surface area contributed by atoms with E-state index in [1.165, 1.54) is 22.6 Å². The van der Waals surface area contributed by atoms with Gasteiger partial charge in [0.1, 0.15) is 4.88 Å². The monoisotopic (exact) mass is 304 g/mol. The van der Waals surface area contributed by atoms with Crippen LogP contribution in [0.25, 0.3) is 0 Å². The van der Waals surface area contributed by atoms with Gasteiger partial charge >= 0.3 is 0 Å². The summed E-state index contributed by atoms with van der Waals surface area (Å²) in [5.41, 5.74) is 3.26. The molecule has 0 saturated carbocycles. The first-order valence-electron chi connectivity index (χ1n) is 7.34. The molecule has 0 bridgehead atoms. The summed E-state index contributed by atoms with van der Waals surface area (Å²) in [7, 11) is 0. The number of carbonyl (C=O) groups excluding carboxylic acids is 1. The molecule has 0 saturated heterocycles. The van der Waals surface area contributed by atoms with E-state index < -0.39 is 0 Å². The third-order valence-corrected chi connectivity index (χ3v) is 5.32. The van der Waals surface area contributed by atoms with Crippen molar-refractivity contribution >= 4 is 17.2 Å². The number of carbonyl (C=O) groups is 1. The molecule has 2 heterocycles. The molecule has 6 heteroatoms. The van der Waals surface area contributed by atoms with Crippen molar-refractivity contribution in [3.8, 4) is 0 Å². The highest BCUT2D eigenvalue weighted by Crippen LogP contribution is 2.25. The molecule has 1 unspecified atom stereocenters. The second-order valence-corrected chi connectivity index (χ2v) is 6.94. The summed E-state index contributed by atoms with van der Waals surface area (Å²) < 4.78 is 0. The van der Waals surface area contributed by atoms with Crippen LogP contribution >= 0.6 is 11.3 Å². The highest BCUT2D eigenvalue weighted by atomic mass is 32.1. The number of hydrogen-bond acceptors (Lipinski definition) is 4. The largest absolute Gasteiger partial charge is 0.348 e. The van der Waals surface area contributed by atoms with Gasteiger partial charge in [-0.25, -0.2) is 4.98 Å². The molecule has 2 aromatic rings. The summed E-state index contributed by atoms with van der Waals surface area (Å²) in [6.45, 7) is 6.11. The van der Waals surface area contributed by atoms with Crippen molar-refractivity contribution in [2.75, 3.05) is 0 Å². The van der Waals surface area contributed by atoms with Gasteiger partial charge in [0, 0.05) is 17.7 Å². The predicted octanol–water partition coefficient (Wildman–Crippen LogP) is 2.59. The number of fused-ring (bicyclic) bond motifs is 1. The minimum Gasteiger partial charge on any atom is -0.348 e. The van der Waals surface area contributed by atoms with Crippen LogP contribution in [0, 0.1) is 6.92 Å². The summed E-state index contributed by atoms with van der Waals surface area (Å²) >= 11 is 1.51. The Morgan fingerprint density at radius 3 is 3.05 bits per heavy atom. The van der Waals surface area contributed by atoms with Crippen LogP contribution in [0.5, 0.6) is 0 Å². The molecule has 5 nitrogen and oxygen atoms in total. The van der Waals surface area contributed by atoms with Gasteiger partial charge in [0.05, 0.1) is 16.9 Å². The number of aromatic nitrogens is 3. The lowest BCUT2D eigenvalue weighted by Crippen LogP contribution is -2.38. The standard InChI is InChI=1S/C15H20N4OS/c1-8(2)15-17-9(3)13(21-15)14(20)18-11-4-5-12-10(6-11)7-16-19-12/h7-8,11H,4-6H2,1-3H3,(H,16,19)(H,18,20). The zero-order valence-corrected chi connectivity index (χ0v) is 13.4. The number of aryl methyl sites for hydroxylation is 2. The van der Waals surface area contributed by atoms with Crippen LogP contribution in [0.15, 0.2) is 6.20 Å². The Bertz CT molecular complexity index is 658. The zero-order chi connectivity index (χ0) is 15.0. The van der Waals surface area contributed by atoms with Crippen LogP contribution in [-0.2, 0) is 12.8 Å². The number of rotatable bonds is 3. The molecule has 3 rings (SSSR count). The van der Waals surface area contributed by atoms with Gasteiger partial charge < -0.3 is 5.32 Å². The van der Waals surface area contributed by atoms with Crippen LogP contribution in [0.1, 0.15) is 57.8 Å². The van der Waals surface area contributed by atoms with Gasteiger partial charge in [-0.05, 0) is 31.7 Å². The van der Waals surface area contributed by atoms with Crippen molar-refractivity contribution < 1.29 is 4.79 Å². The fourth-order valence-electron chi connectivity index (χ4n) is 2.67. The van der Waals surface area contributed by atoms with Crippen LogP contribution in [0.4, 0.5) is 0 Å². The van der Waals surface area contributed by atoms with E-state index in [0.717, 1.165) is 34.8 Å². The SMILES string of the molecule is Cc1nc(C(C)C)sc1C(=O)NC1CCc2[nH]ncc2C1. The van der Waals surface area contributed by atoms with Gasteiger partial charge in [-0.2, -0.15) is 5.10 Å². The van der Waals surface area contributed by atoms with E-state index in [0.29, 0.717) is 5.92 Å². The van der Waals surface area contributed by atoms with E-state index in [1.54, 1.807) is 0 Å². The highest BCUT2D eigenvalue weighted by Gasteiger charge is 2.24. The van der Waals surface area contributed by atoms with Crippen molar-refractivity contribution in [3.63, 3.8) is 0 Å². The third-order valence-electron chi connectivity index (χ3n) is 3.87. The molecule has 0 aliphatic heterocycles. The maximum Gasteiger partial charge on any atom is 0.263 e. The molecule has 1 aliphatic rings. The van der Waals surface area contributed by atoms with Crippen LogP contribution in [-0.4, -0.2) is 27.1 Å². The third kappa shape index (κ3) is 2.85. The lowest BCUT2D eigenvalue weighted by atomic mass is 9.93. The molecule has 112 valence electrons. The Labute approximate surface area is 128 Å². The smallest absolute Gasteiger partial charge is 0.263 e. The predicted molar refractivity (Wildman–Crippen MR) is 82.8 cm³/mol. The molecule has 0 fully saturated rings. The quantitative estimate of drug-likeness (QED) is 0.915. The molecule has 2 N–H and O–H groups in total. The van der Waals surface area contributed by atoms with E-state index in [1.807, 2.05) is 13.1 Å². The van der Waals surface area contributed by atoms with E-state index in [9.17, 15) is 4.79 Å². The van der Waals surface area contributed by atoms with Gasteiger partial charge in [0.25, 0.3) is 5.91 Å². The van der Waals surface area contributed by atoms with E-state index >= 15 is 0 Å². The lowest BCUT2D eigenvalue weighted by Gasteiger charge is -2.22. The summed E-state index contributed by atoms with van der Waals surface area (Å²) in [4.78, 5) is 17.7. The summed E-state index contributed by atoms with van der Waals surface area (Å²) in [5, 5.41) is 11.3. The van der Waals surface area contributed by atoms with Gasteiger partial charge in [-0.3, -0.25) is 9.89 Å². The molecular weight excluding hydrogens is 284 g/mol. The number of thiazole rings is 1. The van der Waals surface area contributed by atoms with Gasteiger partial charge in [-0.1, -0.05) is 13.8 Å².